The van der Waals surface area contributed by atoms with Crippen molar-refractivity contribution in [2.75, 3.05) is 7.05 Å². The van der Waals surface area contributed by atoms with Crippen LogP contribution in [0.1, 0.15) is 11.1 Å². The zero-order chi connectivity index (χ0) is 13.7. The van der Waals surface area contributed by atoms with Crippen LogP contribution in [-0.4, -0.2) is 18.1 Å². The number of likely N-dealkylation sites (N-methyl/N-ethyl adjacent to an activating group) is 1. The molecule has 2 aromatic rings. The molecule has 1 aromatic carbocycles. The number of hydrogen-bond acceptors (Lipinski definition) is 2. The Hall–Kier alpha value is -0.900. The number of aromatic nitrogens is 1. The van der Waals surface area contributed by atoms with Crippen LogP contribution in [0.4, 0.5) is 0 Å². The van der Waals surface area contributed by atoms with Gasteiger partial charge in [-0.1, -0.05) is 23.7 Å². The Labute approximate surface area is 127 Å². The molecule has 0 radical (unpaired) electrons. The summed E-state index contributed by atoms with van der Waals surface area (Å²) in [7, 11) is 1.99. The fourth-order valence-electron chi connectivity index (χ4n) is 2.03. The Morgan fingerprint density at radius 1 is 1.16 bits per heavy atom. The van der Waals surface area contributed by atoms with Crippen molar-refractivity contribution < 1.29 is 0 Å². The minimum Gasteiger partial charge on any atom is -0.316 e. The fraction of sp³-hybridized carbons (Fsp3) is 0.267. The molecule has 0 aliphatic rings. The van der Waals surface area contributed by atoms with E-state index >= 15 is 0 Å². The second-order valence-corrected chi connectivity index (χ2v) is 5.88. The first-order valence-corrected chi connectivity index (χ1v) is 7.35. The van der Waals surface area contributed by atoms with Gasteiger partial charge in [-0.15, -0.1) is 0 Å². The number of nitrogens with one attached hydrogen (secondary N) is 1. The Morgan fingerprint density at radius 3 is 2.47 bits per heavy atom. The summed E-state index contributed by atoms with van der Waals surface area (Å²) in [5.41, 5.74) is 2.51. The van der Waals surface area contributed by atoms with E-state index in [1.54, 1.807) is 6.20 Å². The van der Waals surface area contributed by atoms with Crippen LogP contribution in [0.15, 0.2) is 47.2 Å². The summed E-state index contributed by atoms with van der Waals surface area (Å²) in [4.78, 5) is 4.20. The van der Waals surface area contributed by atoms with Crippen LogP contribution in [0.2, 0.25) is 5.02 Å². The van der Waals surface area contributed by atoms with E-state index in [0.29, 0.717) is 6.04 Å². The maximum absolute atomic E-state index is 5.90. The maximum Gasteiger partial charge on any atom is 0.0410 e. The molecule has 0 saturated heterocycles. The molecule has 0 amide bonds. The summed E-state index contributed by atoms with van der Waals surface area (Å²) in [6, 6.07) is 10.5. The Kier molecular flexibility index (Phi) is 5.37. The van der Waals surface area contributed by atoms with Crippen LogP contribution in [0.3, 0.4) is 0 Å². The molecule has 1 unspecified atom stereocenters. The van der Waals surface area contributed by atoms with E-state index in [9.17, 15) is 0 Å². The zero-order valence-electron chi connectivity index (χ0n) is 10.7. The molecule has 0 saturated carbocycles. The molecule has 1 heterocycles. The van der Waals surface area contributed by atoms with Crippen molar-refractivity contribution in [3.8, 4) is 0 Å². The number of benzene rings is 1. The average molecular weight is 340 g/mol. The first kappa shape index (κ1) is 14.5. The molecule has 1 atom stereocenters. The van der Waals surface area contributed by atoms with Gasteiger partial charge in [0.05, 0.1) is 0 Å². The third-order valence-corrected chi connectivity index (χ3v) is 3.73. The normalized spacial score (nSPS) is 12.4. The van der Waals surface area contributed by atoms with Crippen molar-refractivity contribution in [3.63, 3.8) is 0 Å². The van der Waals surface area contributed by atoms with Crippen LogP contribution in [-0.2, 0) is 12.8 Å². The highest BCUT2D eigenvalue weighted by Gasteiger charge is 2.09. The highest BCUT2D eigenvalue weighted by molar-refractivity contribution is 9.10. The Bertz CT molecular complexity index is 528. The molecule has 0 aliphatic heterocycles. The van der Waals surface area contributed by atoms with Crippen molar-refractivity contribution >= 4 is 27.5 Å². The van der Waals surface area contributed by atoms with Gasteiger partial charge in [0.2, 0.25) is 0 Å². The predicted molar refractivity (Wildman–Crippen MR) is 83.6 cm³/mol. The molecular formula is C15H16BrClN2. The molecule has 0 bridgehead atoms. The van der Waals surface area contributed by atoms with Crippen molar-refractivity contribution in [3.05, 3.63) is 63.3 Å². The van der Waals surface area contributed by atoms with Gasteiger partial charge in [-0.25, -0.2) is 0 Å². The van der Waals surface area contributed by atoms with E-state index in [1.807, 2.05) is 25.4 Å². The summed E-state index contributed by atoms with van der Waals surface area (Å²) in [5.74, 6) is 0. The van der Waals surface area contributed by atoms with Gasteiger partial charge in [-0.3, -0.25) is 4.98 Å². The van der Waals surface area contributed by atoms with E-state index in [2.05, 4.69) is 44.4 Å². The largest absolute Gasteiger partial charge is 0.316 e. The van der Waals surface area contributed by atoms with Crippen molar-refractivity contribution in [2.24, 2.45) is 0 Å². The number of pyridine rings is 1. The summed E-state index contributed by atoms with van der Waals surface area (Å²) < 4.78 is 1.02. The molecular weight excluding hydrogens is 324 g/mol. The summed E-state index contributed by atoms with van der Waals surface area (Å²) in [6.45, 7) is 0. The Morgan fingerprint density at radius 2 is 1.84 bits per heavy atom. The standard InChI is InChI=1S/C15H16BrClN2/c1-18-15(7-11-2-4-14(17)5-3-11)8-12-6-13(16)10-19-9-12/h2-6,9-10,15,18H,7-8H2,1H3. The second kappa shape index (κ2) is 7.04. The van der Waals surface area contributed by atoms with Crippen LogP contribution >= 0.6 is 27.5 Å². The molecule has 0 aliphatic carbocycles. The SMILES string of the molecule is CNC(Cc1ccc(Cl)cc1)Cc1cncc(Br)c1. The predicted octanol–water partition coefficient (Wildman–Crippen LogP) is 3.87. The van der Waals surface area contributed by atoms with E-state index in [4.69, 9.17) is 11.6 Å². The fourth-order valence-corrected chi connectivity index (χ4v) is 2.57. The smallest absolute Gasteiger partial charge is 0.0410 e. The van der Waals surface area contributed by atoms with Crippen LogP contribution in [0.25, 0.3) is 0 Å². The molecule has 19 heavy (non-hydrogen) atoms. The molecule has 2 nitrogen and oxygen atoms in total. The lowest BCUT2D eigenvalue weighted by Crippen LogP contribution is -2.29. The van der Waals surface area contributed by atoms with Crippen molar-refractivity contribution in [1.29, 1.82) is 0 Å². The van der Waals surface area contributed by atoms with Gasteiger partial charge < -0.3 is 5.32 Å². The molecule has 2 rings (SSSR count). The first-order valence-electron chi connectivity index (χ1n) is 6.18. The first-order chi connectivity index (χ1) is 9.17. The van der Waals surface area contributed by atoms with Crippen molar-refractivity contribution in [1.82, 2.24) is 10.3 Å². The zero-order valence-corrected chi connectivity index (χ0v) is 13.1. The van der Waals surface area contributed by atoms with Gasteiger partial charge in [-0.05, 0) is 65.1 Å². The Balaban J connectivity index is 2.02. The monoisotopic (exact) mass is 338 g/mol. The van der Waals surface area contributed by atoms with E-state index in [0.717, 1.165) is 22.3 Å². The summed E-state index contributed by atoms with van der Waals surface area (Å²) in [6.07, 6.45) is 5.64. The lowest BCUT2D eigenvalue weighted by Gasteiger charge is -2.16. The third kappa shape index (κ3) is 4.60. The lowest BCUT2D eigenvalue weighted by molar-refractivity contribution is 0.555. The molecule has 0 spiro atoms. The van der Waals surface area contributed by atoms with E-state index in [1.165, 1.54) is 11.1 Å². The second-order valence-electron chi connectivity index (χ2n) is 4.53. The highest BCUT2D eigenvalue weighted by atomic mass is 79.9. The van der Waals surface area contributed by atoms with Gasteiger partial charge in [0.25, 0.3) is 0 Å². The number of halogens is 2. The lowest BCUT2D eigenvalue weighted by atomic mass is 10.0. The summed E-state index contributed by atoms with van der Waals surface area (Å²) >= 11 is 9.35. The minimum absolute atomic E-state index is 0.386. The quantitative estimate of drug-likeness (QED) is 0.894. The van der Waals surface area contributed by atoms with Crippen molar-refractivity contribution in [2.45, 2.75) is 18.9 Å². The van der Waals surface area contributed by atoms with Gasteiger partial charge in [0, 0.05) is 27.9 Å². The molecule has 1 aromatic heterocycles. The van der Waals surface area contributed by atoms with Crippen LogP contribution in [0.5, 0.6) is 0 Å². The third-order valence-electron chi connectivity index (χ3n) is 3.05. The number of hydrogen-bond donors (Lipinski definition) is 1. The summed E-state index contributed by atoms with van der Waals surface area (Å²) in [5, 5.41) is 4.14. The minimum atomic E-state index is 0.386. The molecule has 100 valence electrons. The highest BCUT2D eigenvalue weighted by Crippen LogP contribution is 2.15. The number of rotatable bonds is 5. The van der Waals surface area contributed by atoms with Gasteiger partial charge >= 0.3 is 0 Å². The topological polar surface area (TPSA) is 24.9 Å². The van der Waals surface area contributed by atoms with E-state index < -0.39 is 0 Å². The molecule has 4 heteroatoms. The van der Waals surface area contributed by atoms with Gasteiger partial charge in [-0.2, -0.15) is 0 Å². The van der Waals surface area contributed by atoms with E-state index in [-0.39, 0.29) is 0 Å². The van der Waals surface area contributed by atoms with Crippen LogP contribution < -0.4 is 5.32 Å². The molecule has 0 fully saturated rings. The van der Waals surface area contributed by atoms with Gasteiger partial charge in [0.15, 0.2) is 0 Å². The molecule has 1 N–H and O–H groups in total. The maximum atomic E-state index is 5.90. The number of nitrogens with zero attached hydrogens (tertiary/aromatic N) is 1. The van der Waals surface area contributed by atoms with Crippen LogP contribution in [0, 0.1) is 0 Å². The average Bonchev–Trinajstić information content (AvgIpc) is 2.40. The van der Waals surface area contributed by atoms with Gasteiger partial charge in [0.1, 0.15) is 0 Å².